The van der Waals surface area contributed by atoms with E-state index in [1.54, 1.807) is 7.11 Å². The Labute approximate surface area is 171 Å². The molecule has 0 atom stereocenters. The molecule has 29 heavy (non-hydrogen) atoms. The monoisotopic (exact) mass is 392 g/mol. The maximum Gasteiger partial charge on any atom is 0.140 e. The van der Waals surface area contributed by atoms with E-state index in [1.807, 2.05) is 30.3 Å². The van der Waals surface area contributed by atoms with Crippen LogP contribution in [0.2, 0.25) is 0 Å². The fraction of sp³-hybridized carbons (Fsp3) is 0.375. The first-order valence-electron chi connectivity index (χ1n) is 10.1. The summed E-state index contributed by atoms with van der Waals surface area (Å²) in [6.07, 6.45) is 1.95. The lowest BCUT2D eigenvalue weighted by molar-refractivity contribution is -0.0265. The molecule has 1 fully saturated rings. The van der Waals surface area contributed by atoms with Crippen molar-refractivity contribution in [3.05, 3.63) is 71.5 Å². The quantitative estimate of drug-likeness (QED) is 0.680. The molecule has 0 unspecified atom stereocenters. The Morgan fingerprint density at radius 1 is 1.10 bits per heavy atom. The molecule has 0 aliphatic carbocycles. The Bertz CT molecular complexity index is 941. The van der Waals surface area contributed by atoms with Crippen LogP contribution in [-0.4, -0.2) is 41.0 Å². The average molecular weight is 392 g/mol. The van der Waals surface area contributed by atoms with Crippen molar-refractivity contribution in [3.8, 4) is 17.0 Å². The topological polar surface area (TPSA) is 58.7 Å². The molecule has 3 aromatic rings. The van der Waals surface area contributed by atoms with Crippen LogP contribution >= 0.6 is 0 Å². The zero-order valence-corrected chi connectivity index (χ0v) is 17.1. The van der Waals surface area contributed by atoms with Crippen LogP contribution in [0.4, 0.5) is 0 Å². The molecule has 1 aromatic heterocycles. The number of benzene rings is 2. The summed E-state index contributed by atoms with van der Waals surface area (Å²) in [7, 11) is 1.65. The third-order valence-corrected chi connectivity index (χ3v) is 5.74. The Morgan fingerprint density at radius 2 is 1.86 bits per heavy atom. The number of hydrogen-bond acceptors (Lipinski definition) is 5. The summed E-state index contributed by atoms with van der Waals surface area (Å²) in [5.74, 6) is 1.50. The molecule has 152 valence electrons. The predicted molar refractivity (Wildman–Crippen MR) is 113 cm³/mol. The van der Waals surface area contributed by atoms with E-state index in [0.29, 0.717) is 6.42 Å². The van der Waals surface area contributed by atoms with Crippen molar-refractivity contribution in [3.63, 3.8) is 0 Å². The average Bonchev–Trinajstić information content (AvgIpc) is 3.19. The van der Waals surface area contributed by atoms with Crippen LogP contribution in [-0.2, 0) is 13.0 Å². The lowest BCUT2D eigenvalue weighted by atomic mass is 9.87. The van der Waals surface area contributed by atoms with E-state index in [2.05, 4.69) is 41.2 Å². The van der Waals surface area contributed by atoms with Gasteiger partial charge in [0.05, 0.1) is 12.7 Å². The summed E-state index contributed by atoms with van der Waals surface area (Å²) >= 11 is 0. The molecule has 5 nitrogen and oxygen atoms in total. The van der Waals surface area contributed by atoms with Crippen molar-refractivity contribution < 1.29 is 14.4 Å². The summed E-state index contributed by atoms with van der Waals surface area (Å²) in [5.41, 5.74) is 3.56. The lowest BCUT2D eigenvalue weighted by Crippen LogP contribution is -2.45. The minimum Gasteiger partial charge on any atom is -0.497 e. The van der Waals surface area contributed by atoms with Gasteiger partial charge in [-0.2, -0.15) is 0 Å². The third-order valence-electron chi connectivity index (χ3n) is 5.74. The van der Waals surface area contributed by atoms with E-state index in [4.69, 9.17) is 9.26 Å². The first-order chi connectivity index (χ1) is 14.0. The third kappa shape index (κ3) is 4.86. The molecule has 1 aliphatic rings. The number of methoxy groups -OCH3 is 1. The number of hydrogen-bond donors (Lipinski definition) is 1. The molecule has 0 spiro atoms. The molecule has 0 radical (unpaired) electrons. The van der Waals surface area contributed by atoms with Crippen molar-refractivity contribution in [2.45, 2.75) is 38.3 Å². The molecule has 1 aliphatic heterocycles. The SMILES string of the molecule is COc1cccc(-c2cc(CC3(O)CCN(Cc4ccc(C)cc4)CC3)on2)c1. The highest BCUT2D eigenvalue weighted by molar-refractivity contribution is 5.60. The Hall–Kier alpha value is -2.63. The molecule has 4 rings (SSSR count). The Balaban J connectivity index is 1.35. The van der Waals surface area contributed by atoms with Gasteiger partial charge < -0.3 is 14.4 Å². The first kappa shape index (κ1) is 19.7. The van der Waals surface area contributed by atoms with Gasteiger partial charge in [-0.05, 0) is 37.5 Å². The van der Waals surface area contributed by atoms with Gasteiger partial charge in [-0.25, -0.2) is 0 Å². The van der Waals surface area contributed by atoms with Gasteiger partial charge in [-0.3, -0.25) is 4.90 Å². The largest absolute Gasteiger partial charge is 0.497 e. The predicted octanol–water partition coefficient (Wildman–Crippen LogP) is 4.23. The van der Waals surface area contributed by atoms with Gasteiger partial charge in [0.2, 0.25) is 0 Å². The number of aryl methyl sites for hydroxylation is 1. The number of ether oxygens (including phenoxy) is 1. The number of aromatic nitrogens is 1. The van der Waals surface area contributed by atoms with Crippen LogP contribution in [0.1, 0.15) is 29.7 Å². The Kier molecular flexibility index (Phi) is 5.69. The number of nitrogens with zero attached hydrogens (tertiary/aromatic N) is 2. The summed E-state index contributed by atoms with van der Waals surface area (Å²) in [6, 6.07) is 18.3. The first-order valence-corrected chi connectivity index (χ1v) is 10.1. The van der Waals surface area contributed by atoms with E-state index < -0.39 is 5.60 Å². The molecular formula is C24H28N2O3. The van der Waals surface area contributed by atoms with Crippen LogP contribution in [0.5, 0.6) is 5.75 Å². The number of aliphatic hydroxyl groups is 1. The van der Waals surface area contributed by atoms with E-state index in [0.717, 1.165) is 55.2 Å². The normalized spacial score (nSPS) is 16.7. The molecule has 1 saturated heterocycles. The highest BCUT2D eigenvalue weighted by Gasteiger charge is 2.33. The number of rotatable bonds is 6. The van der Waals surface area contributed by atoms with Crippen LogP contribution in [0, 0.1) is 6.92 Å². The summed E-state index contributed by atoms with van der Waals surface area (Å²) in [5, 5.41) is 15.3. The second-order valence-electron chi connectivity index (χ2n) is 8.07. The fourth-order valence-corrected chi connectivity index (χ4v) is 3.89. The van der Waals surface area contributed by atoms with Gasteiger partial charge in [0.15, 0.2) is 0 Å². The van der Waals surface area contributed by atoms with Gasteiger partial charge in [0.25, 0.3) is 0 Å². The number of piperidine rings is 1. The van der Waals surface area contributed by atoms with Crippen LogP contribution in [0.25, 0.3) is 11.3 Å². The molecule has 2 heterocycles. The molecule has 0 saturated carbocycles. The van der Waals surface area contributed by atoms with Gasteiger partial charge in [0, 0.05) is 37.7 Å². The minimum absolute atomic E-state index is 0.488. The summed E-state index contributed by atoms with van der Waals surface area (Å²) < 4.78 is 10.8. The second kappa shape index (κ2) is 8.39. The van der Waals surface area contributed by atoms with Crippen LogP contribution < -0.4 is 4.74 Å². The maximum atomic E-state index is 11.1. The van der Waals surface area contributed by atoms with Gasteiger partial charge >= 0.3 is 0 Å². The highest BCUT2D eigenvalue weighted by atomic mass is 16.5. The zero-order valence-electron chi connectivity index (χ0n) is 17.1. The van der Waals surface area contributed by atoms with Crippen LogP contribution in [0.3, 0.4) is 0 Å². The van der Waals surface area contributed by atoms with Crippen molar-refractivity contribution in [1.82, 2.24) is 10.1 Å². The standard InChI is InChI=1S/C24H28N2O3/c1-18-6-8-19(9-7-18)17-26-12-10-24(27,11-13-26)16-22-15-23(25-29-22)20-4-3-5-21(14-20)28-2/h3-9,14-15,27H,10-13,16-17H2,1-2H3. The zero-order chi connectivity index (χ0) is 20.3. The fourth-order valence-electron chi connectivity index (χ4n) is 3.89. The van der Waals surface area contributed by atoms with Crippen molar-refractivity contribution in [2.75, 3.05) is 20.2 Å². The van der Waals surface area contributed by atoms with E-state index in [9.17, 15) is 5.11 Å². The van der Waals surface area contributed by atoms with Gasteiger partial charge in [0.1, 0.15) is 17.2 Å². The highest BCUT2D eigenvalue weighted by Crippen LogP contribution is 2.30. The van der Waals surface area contributed by atoms with Crippen molar-refractivity contribution >= 4 is 0 Å². The lowest BCUT2D eigenvalue weighted by Gasteiger charge is -2.37. The molecule has 1 N–H and O–H groups in total. The smallest absolute Gasteiger partial charge is 0.140 e. The summed E-state index contributed by atoms with van der Waals surface area (Å²) in [4.78, 5) is 2.40. The summed E-state index contributed by atoms with van der Waals surface area (Å²) in [6.45, 7) is 4.79. The minimum atomic E-state index is -0.741. The molecular weight excluding hydrogens is 364 g/mol. The van der Waals surface area contributed by atoms with Crippen molar-refractivity contribution in [2.24, 2.45) is 0 Å². The number of likely N-dealkylation sites (tertiary alicyclic amines) is 1. The molecule has 0 bridgehead atoms. The van der Waals surface area contributed by atoms with Gasteiger partial charge in [-0.15, -0.1) is 0 Å². The molecule has 0 amide bonds. The second-order valence-corrected chi connectivity index (χ2v) is 8.07. The van der Waals surface area contributed by atoms with E-state index >= 15 is 0 Å². The van der Waals surface area contributed by atoms with Gasteiger partial charge in [-0.1, -0.05) is 47.1 Å². The van der Waals surface area contributed by atoms with Crippen molar-refractivity contribution in [1.29, 1.82) is 0 Å². The molecule has 2 aromatic carbocycles. The maximum absolute atomic E-state index is 11.1. The van der Waals surface area contributed by atoms with E-state index in [-0.39, 0.29) is 0 Å². The Morgan fingerprint density at radius 3 is 2.59 bits per heavy atom. The van der Waals surface area contributed by atoms with Crippen LogP contribution in [0.15, 0.2) is 59.1 Å². The molecule has 5 heteroatoms. The van der Waals surface area contributed by atoms with E-state index in [1.165, 1.54) is 11.1 Å².